The average molecular weight is 462 g/mol. The second kappa shape index (κ2) is 10.0. The molecule has 28 heavy (non-hydrogen) atoms. The molecule has 1 aliphatic rings. The molecular weight excluding hydrogens is 442 g/mol. The summed E-state index contributed by atoms with van der Waals surface area (Å²) in [6, 6.07) is 18.2. The van der Waals surface area contributed by atoms with E-state index in [1.807, 2.05) is 42.5 Å². The number of carbonyl (C=O) groups excluding carboxylic acids is 1. The summed E-state index contributed by atoms with van der Waals surface area (Å²) in [5, 5.41) is 0.704. The molecule has 0 bridgehead atoms. The molecule has 1 heterocycles. The minimum Gasteiger partial charge on any atom is -0.427 e. The molecule has 2 atom stereocenters. The standard InChI is InChI=1S/C20H20Cl4N2O2/c21-16-8-6-15(7-9-16)17(14-4-2-1-3-5-14)25-10-12-26(13-11-25)20(27)28-19(24)18(22)23/h1-9,17-19H,10-13H2. The van der Waals surface area contributed by atoms with Crippen LogP contribution in [0.1, 0.15) is 17.2 Å². The number of ether oxygens (including phenoxy) is 1. The van der Waals surface area contributed by atoms with Crippen molar-refractivity contribution in [2.75, 3.05) is 26.2 Å². The topological polar surface area (TPSA) is 32.8 Å². The highest BCUT2D eigenvalue weighted by Crippen LogP contribution is 2.30. The van der Waals surface area contributed by atoms with Gasteiger partial charge in [-0.2, -0.15) is 0 Å². The maximum absolute atomic E-state index is 12.2. The van der Waals surface area contributed by atoms with Crippen molar-refractivity contribution in [2.24, 2.45) is 0 Å². The first-order chi connectivity index (χ1) is 13.5. The van der Waals surface area contributed by atoms with Gasteiger partial charge < -0.3 is 9.64 Å². The number of amides is 1. The summed E-state index contributed by atoms with van der Waals surface area (Å²) in [4.78, 5) is 15.2. The lowest BCUT2D eigenvalue weighted by Crippen LogP contribution is -2.50. The maximum Gasteiger partial charge on any atom is 0.411 e. The number of halogens is 4. The molecule has 150 valence electrons. The van der Waals surface area contributed by atoms with E-state index in [0.717, 1.165) is 5.56 Å². The predicted molar refractivity (Wildman–Crippen MR) is 114 cm³/mol. The summed E-state index contributed by atoms with van der Waals surface area (Å²) in [6.45, 7) is 2.42. The van der Waals surface area contributed by atoms with Crippen LogP contribution in [0.25, 0.3) is 0 Å². The third-order valence-electron chi connectivity index (χ3n) is 4.65. The molecule has 0 spiro atoms. The molecule has 2 aromatic rings. The zero-order valence-electron chi connectivity index (χ0n) is 15.0. The molecule has 0 aromatic heterocycles. The molecule has 0 radical (unpaired) electrons. The molecule has 1 aliphatic heterocycles. The minimum atomic E-state index is -1.07. The Labute approximate surface area is 184 Å². The number of hydrogen-bond acceptors (Lipinski definition) is 3. The van der Waals surface area contributed by atoms with Gasteiger partial charge in [-0.25, -0.2) is 4.79 Å². The van der Waals surface area contributed by atoms with Gasteiger partial charge in [0.1, 0.15) is 0 Å². The largest absolute Gasteiger partial charge is 0.427 e. The van der Waals surface area contributed by atoms with Crippen LogP contribution in [0.5, 0.6) is 0 Å². The zero-order valence-corrected chi connectivity index (χ0v) is 18.0. The van der Waals surface area contributed by atoms with Crippen LogP contribution >= 0.6 is 46.4 Å². The Morgan fingerprint density at radius 3 is 2.00 bits per heavy atom. The SMILES string of the molecule is O=C(OC(Cl)C(Cl)Cl)N1CCN(C(c2ccccc2)c2ccc(Cl)cc2)CC1. The number of carbonyl (C=O) groups is 1. The maximum atomic E-state index is 12.2. The first-order valence-corrected chi connectivity index (χ1v) is 10.6. The van der Waals surface area contributed by atoms with Crippen molar-refractivity contribution in [3.63, 3.8) is 0 Å². The fourth-order valence-electron chi connectivity index (χ4n) is 3.28. The summed E-state index contributed by atoms with van der Waals surface area (Å²) in [6.07, 6.45) is -0.506. The van der Waals surface area contributed by atoms with E-state index in [0.29, 0.717) is 31.2 Å². The molecule has 1 saturated heterocycles. The van der Waals surface area contributed by atoms with Crippen LogP contribution in [0, 0.1) is 0 Å². The van der Waals surface area contributed by atoms with E-state index in [1.54, 1.807) is 4.90 Å². The molecule has 8 heteroatoms. The summed E-state index contributed by atoms with van der Waals surface area (Å²) in [5.41, 5.74) is 1.27. The van der Waals surface area contributed by atoms with E-state index in [4.69, 9.17) is 51.1 Å². The van der Waals surface area contributed by atoms with Gasteiger partial charge in [-0.15, -0.1) is 0 Å². The lowest BCUT2D eigenvalue weighted by Gasteiger charge is -2.39. The molecule has 1 fully saturated rings. The highest BCUT2D eigenvalue weighted by molar-refractivity contribution is 6.48. The van der Waals surface area contributed by atoms with Crippen LogP contribution in [0.3, 0.4) is 0 Å². The Morgan fingerprint density at radius 1 is 0.857 bits per heavy atom. The Kier molecular flexibility index (Phi) is 7.72. The number of piperazine rings is 1. The van der Waals surface area contributed by atoms with Crippen LogP contribution in [0.2, 0.25) is 5.02 Å². The summed E-state index contributed by atoms with van der Waals surface area (Å²) in [7, 11) is 0. The molecule has 0 saturated carbocycles. The highest BCUT2D eigenvalue weighted by atomic mass is 35.5. The van der Waals surface area contributed by atoms with Crippen LogP contribution in [-0.2, 0) is 4.74 Å². The first-order valence-electron chi connectivity index (χ1n) is 8.88. The smallest absolute Gasteiger partial charge is 0.411 e. The van der Waals surface area contributed by atoms with E-state index in [2.05, 4.69) is 17.0 Å². The third-order valence-corrected chi connectivity index (χ3v) is 5.96. The lowest BCUT2D eigenvalue weighted by molar-refractivity contribution is 0.0634. The van der Waals surface area contributed by atoms with E-state index < -0.39 is 16.5 Å². The fourth-order valence-corrected chi connectivity index (χ4v) is 3.58. The van der Waals surface area contributed by atoms with Gasteiger partial charge in [0.05, 0.1) is 6.04 Å². The number of benzene rings is 2. The molecule has 2 unspecified atom stereocenters. The van der Waals surface area contributed by atoms with Crippen molar-refractivity contribution in [3.05, 3.63) is 70.7 Å². The molecule has 2 aromatic carbocycles. The number of nitrogens with zero attached hydrogens (tertiary/aromatic N) is 2. The molecule has 0 N–H and O–H groups in total. The first kappa shape index (κ1) is 21.5. The van der Waals surface area contributed by atoms with E-state index in [9.17, 15) is 4.79 Å². The normalized spacial score (nSPS) is 17.4. The minimum absolute atomic E-state index is 0.0764. The van der Waals surface area contributed by atoms with Crippen molar-refractivity contribution >= 4 is 52.5 Å². The second-order valence-electron chi connectivity index (χ2n) is 6.46. The van der Waals surface area contributed by atoms with E-state index >= 15 is 0 Å². The monoisotopic (exact) mass is 460 g/mol. The summed E-state index contributed by atoms with van der Waals surface area (Å²) in [5.74, 6) is 0. The average Bonchev–Trinajstić information content (AvgIpc) is 2.71. The number of alkyl halides is 3. The number of hydrogen-bond donors (Lipinski definition) is 0. The van der Waals surface area contributed by atoms with Crippen LogP contribution in [-0.4, -0.2) is 52.5 Å². The van der Waals surface area contributed by atoms with Gasteiger partial charge in [-0.3, -0.25) is 4.90 Å². The highest BCUT2D eigenvalue weighted by Gasteiger charge is 2.30. The van der Waals surface area contributed by atoms with Crippen molar-refractivity contribution in [1.82, 2.24) is 9.80 Å². The van der Waals surface area contributed by atoms with E-state index in [1.165, 1.54) is 5.56 Å². The summed E-state index contributed by atoms with van der Waals surface area (Å²) < 4.78 is 5.08. The van der Waals surface area contributed by atoms with Gasteiger partial charge in [-0.1, -0.05) is 88.9 Å². The molecule has 0 aliphatic carbocycles. The Hall–Kier alpha value is -1.17. The van der Waals surface area contributed by atoms with Crippen molar-refractivity contribution in [2.45, 2.75) is 16.4 Å². The van der Waals surface area contributed by atoms with Crippen LogP contribution in [0.4, 0.5) is 4.79 Å². The van der Waals surface area contributed by atoms with Gasteiger partial charge in [0.15, 0.2) is 4.84 Å². The van der Waals surface area contributed by atoms with E-state index in [-0.39, 0.29) is 6.04 Å². The van der Waals surface area contributed by atoms with Gasteiger partial charge in [0.25, 0.3) is 0 Å². The molecule has 4 nitrogen and oxygen atoms in total. The Morgan fingerprint density at radius 2 is 1.43 bits per heavy atom. The summed E-state index contributed by atoms with van der Waals surface area (Å²) >= 11 is 23.2. The van der Waals surface area contributed by atoms with Gasteiger partial charge >= 0.3 is 6.09 Å². The zero-order chi connectivity index (χ0) is 20.1. The van der Waals surface area contributed by atoms with Gasteiger partial charge in [0.2, 0.25) is 5.56 Å². The third kappa shape index (κ3) is 5.46. The second-order valence-corrected chi connectivity index (χ2v) is 8.49. The molecular formula is C20H20Cl4N2O2. The van der Waals surface area contributed by atoms with Crippen LogP contribution in [0.15, 0.2) is 54.6 Å². The predicted octanol–water partition coefficient (Wildman–Crippen LogP) is 5.55. The van der Waals surface area contributed by atoms with Crippen molar-refractivity contribution in [3.8, 4) is 0 Å². The van der Waals surface area contributed by atoms with Crippen molar-refractivity contribution < 1.29 is 9.53 Å². The van der Waals surface area contributed by atoms with Crippen molar-refractivity contribution in [1.29, 1.82) is 0 Å². The fraction of sp³-hybridized carbons (Fsp3) is 0.350. The Balaban J connectivity index is 1.71. The Bertz CT molecular complexity index is 766. The van der Waals surface area contributed by atoms with Gasteiger partial charge in [0, 0.05) is 31.2 Å². The van der Waals surface area contributed by atoms with Gasteiger partial charge in [-0.05, 0) is 23.3 Å². The molecule has 3 rings (SSSR count). The number of rotatable bonds is 5. The molecule has 1 amide bonds. The van der Waals surface area contributed by atoms with Crippen LogP contribution < -0.4 is 0 Å². The quantitative estimate of drug-likeness (QED) is 0.547. The lowest BCUT2D eigenvalue weighted by atomic mass is 9.96.